The van der Waals surface area contributed by atoms with E-state index in [1.54, 1.807) is 19.1 Å². The van der Waals surface area contributed by atoms with Crippen LogP contribution in [0, 0.1) is 3.57 Å². The molecule has 1 heterocycles. The fraction of sp³-hybridized carbons (Fsp3) is 0.214. The summed E-state index contributed by atoms with van der Waals surface area (Å²) in [6, 6.07) is 3.22. The van der Waals surface area contributed by atoms with Gasteiger partial charge < -0.3 is 9.84 Å². The molecule has 1 aromatic carbocycles. The van der Waals surface area contributed by atoms with E-state index in [4.69, 9.17) is 17.0 Å². The van der Waals surface area contributed by atoms with Crippen LogP contribution in [0.3, 0.4) is 0 Å². The molecule has 1 saturated heterocycles. The zero-order valence-corrected chi connectivity index (χ0v) is 14.8. The number of rotatable bonds is 3. The fourth-order valence-electron chi connectivity index (χ4n) is 1.85. The van der Waals surface area contributed by atoms with Gasteiger partial charge in [0.15, 0.2) is 16.6 Å². The van der Waals surface area contributed by atoms with Gasteiger partial charge in [-0.1, -0.05) is 0 Å². The predicted molar refractivity (Wildman–Crippen MR) is 93.5 cm³/mol. The summed E-state index contributed by atoms with van der Waals surface area (Å²) in [5, 5.41) is 12.4. The smallest absolute Gasteiger partial charge is 0.265 e. The van der Waals surface area contributed by atoms with Gasteiger partial charge in [-0.15, -0.1) is 0 Å². The zero-order chi connectivity index (χ0) is 16.4. The number of phenolic OH excluding ortho intramolecular Hbond substituents is 1. The molecular weight excluding hydrogens is 419 g/mol. The van der Waals surface area contributed by atoms with Crippen molar-refractivity contribution in [3.8, 4) is 11.5 Å². The maximum Gasteiger partial charge on any atom is 0.265 e. The first-order chi connectivity index (χ1) is 10.3. The minimum absolute atomic E-state index is 0.0277. The minimum Gasteiger partial charge on any atom is -0.504 e. The summed E-state index contributed by atoms with van der Waals surface area (Å²) in [5.74, 6) is -0.694. The van der Waals surface area contributed by atoms with E-state index in [2.05, 4.69) is 5.32 Å². The van der Waals surface area contributed by atoms with Crippen molar-refractivity contribution in [3.63, 3.8) is 0 Å². The second kappa shape index (κ2) is 6.61. The molecule has 0 aromatic heterocycles. The first-order valence-electron chi connectivity index (χ1n) is 6.35. The van der Waals surface area contributed by atoms with Crippen molar-refractivity contribution in [3.05, 3.63) is 26.8 Å². The Morgan fingerprint density at radius 2 is 2.14 bits per heavy atom. The summed E-state index contributed by atoms with van der Waals surface area (Å²) in [6.45, 7) is 2.19. The number of nitrogens with one attached hydrogen (secondary N) is 1. The number of carbonyl (C=O) groups is 2. The summed E-state index contributed by atoms with van der Waals surface area (Å²) in [4.78, 5) is 25.3. The molecular formula is C14H13IN2O4S. The molecule has 1 aliphatic rings. The molecule has 1 fully saturated rings. The molecule has 0 atom stereocenters. The Hall–Kier alpha value is -1.68. The van der Waals surface area contributed by atoms with Crippen molar-refractivity contribution in [2.24, 2.45) is 0 Å². The Balaban J connectivity index is 2.46. The standard InChI is InChI=1S/C14H13IN2O4S/c1-3-21-10-6-7(5-9(15)11(10)18)4-8-12(19)16-14(22)17(2)13(8)20/h4-6,18H,3H2,1-2H3,(H,16,19,22)/b8-4-. The Labute approximate surface area is 146 Å². The number of aromatic hydroxyl groups is 1. The largest absolute Gasteiger partial charge is 0.504 e. The van der Waals surface area contributed by atoms with E-state index < -0.39 is 11.8 Å². The van der Waals surface area contributed by atoms with E-state index in [1.807, 2.05) is 22.6 Å². The van der Waals surface area contributed by atoms with Crippen LogP contribution in [0.4, 0.5) is 0 Å². The van der Waals surface area contributed by atoms with Crippen LogP contribution in [-0.2, 0) is 9.59 Å². The Kier molecular flexibility index (Phi) is 5.01. The van der Waals surface area contributed by atoms with Crippen molar-refractivity contribution in [1.82, 2.24) is 10.2 Å². The number of halogens is 1. The van der Waals surface area contributed by atoms with Crippen LogP contribution in [0.1, 0.15) is 12.5 Å². The zero-order valence-electron chi connectivity index (χ0n) is 11.8. The first kappa shape index (κ1) is 16.7. The molecule has 22 heavy (non-hydrogen) atoms. The molecule has 0 saturated carbocycles. The highest BCUT2D eigenvalue weighted by atomic mass is 127. The molecule has 8 heteroatoms. The van der Waals surface area contributed by atoms with E-state index in [1.165, 1.54) is 18.0 Å². The van der Waals surface area contributed by atoms with Gasteiger partial charge in [0, 0.05) is 7.05 Å². The molecule has 2 rings (SSSR count). The second-order valence-corrected chi connectivity index (χ2v) is 6.01. The number of ether oxygens (including phenoxy) is 1. The molecule has 0 radical (unpaired) electrons. The van der Waals surface area contributed by atoms with E-state index in [0.29, 0.717) is 21.5 Å². The maximum atomic E-state index is 12.1. The third kappa shape index (κ3) is 3.22. The van der Waals surface area contributed by atoms with Gasteiger partial charge in [-0.25, -0.2) is 0 Å². The lowest BCUT2D eigenvalue weighted by Crippen LogP contribution is -2.52. The predicted octanol–water partition coefficient (Wildman–Crippen LogP) is 1.65. The van der Waals surface area contributed by atoms with Crippen LogP contribution in [0.15, 0.2) is 17.7 Å². The van der Waals surface area contributed by atoms with Crippen molar-refractivity contribution in [2.75, 3.05) is 13.7 Å². The number of hydrogen-bond acceptors (Lipinski definition) is 5. The lowest BCUT2D eigenvalue weighted by Gasteiger charge is -2.25. The lowest BCUT2D eigenvalue weighted by molar-refractivity contribution is -0.128. The second-order valence-electron chi connectivity index (χ2n) is 4.46. The van der Waals surface area contributed by atoms with Crippen LogP contribution < -0.4 is 10.1 Å². The van der Waals surface area contributed by atoms with Gasteiger partial charge in [0.05, 0.1) is 10.2 Å². The van der Waals surface area contributed by atoms with Crippen molar-refractivity contribution >= 4 is 57.8 Å². The number of amides is 2. The fourth-order valence-corrected chi connectivity index (χ4v) is 2.66. The molecule has 6 nitrogen and oxygen atoms in total. The number of phenols is 1. The minimum atomic E-state index is -0.547. The van der Waals surface area contributed by atoms with Gasteiger partial charge in [-0.05, 0) is 65.5 Å². The van der Waals surface area contributed by atoms with Crippen molar-refractivity contribution in [1.29, 1.82) is 0 Å². The van der Waals surface area contributed by atoms with Crippen molar-refractivity contribution < 1.29 is 19.4 Å². The van der Waals surface area contributed by atoms with Crippen molar-refractivity contribution in [2.45, 2.75) is 6.92 Å². The number of likely N-dealkylation sites (N-methyl/N-ethyl adjacent to an activating group) is 1. The monoisotopic (exact) mass is 432 g/mol. The maximum absolute atomic E-state index is 12.1. The number of benzene rings is 1. The first-order valence-corrected chi connectivity index (χ1v) is 7.84. The van der Waals surface area contributed by atoms with Gasteiger partial charge in [-0.2, -0.15) is 0 Å². The van der Waals surface area contributed by atoms with E-state index >= 15 is 0 Å². The molecule has 0 aliphatic carbocycles. The van der Waals surface area contributed by atoms with Gasteiger partial charge in [0.2, 0.25) is 0 Å². The Morgan fingerprint density at radius 1 is 1.45 bits per heavy atom. The summed E-state index contributed by atoms with van der Waals surface area (Å²) in [6.07, 6.45) is 1.44. The van der Waals surface area contributed by atoms with E-state index in [-0.39, 0.29) is 16.4 Å². The summed E-state index contributed by atoms with van der Waals surface area (Å²) < 4.78 is 5.90. The highest BCUT2D eigenvalue weighted by Gasteiger charge is 2.30. The topological polar surface area (TPSA) is 78.9 Å². The summed E-state index contributed by atoms with van der Waals surface area (Å²) in [5.41, 5.74) is 0.547. The molecule has 116 valence electrons. The highest BCUT2D eigenvalue weighted by molar-refractivity contribution is 14.1. The summed E-state index contributed by atoms with van der Waals surface area (Å²) in [7, 11) is 1.49. The van der Waals surface area contributed by atoms with Crippen LogP contribution in [0.5, 0.6) is 11.5 Å². The molecule has 2 amide bonds. The number of carbonyl (C=O) groups excluding carboxylic acids is 2. The quantitative estimate of drug-likeness (QED) is 0.329. The van der Waals surface area contributed by atoms with E-state index in [0.717, 1.165) is 0 Å². The number of thiocarbonyl (C=S) groups is 1. The molecule has 0 spiro atoms. The average Bonchev–Trinajstić information content (AvgIpc) is 2.46. The van der Waals surface area contributed by atoms with Crippen LogP contribution >= 0.6 is 34.8 Å². The Bertz CT molecular complexity index is 702. The number of nitrogens with zero attached hydrogens (tertiary/aromatic N) is 1. The lowest BCUT2D eigenvalue weighted by atomic mass is 10.1. The van der Waals surface area contributed by atoms with Crippen LogP contribution in [-0.4, -0.2) is 40.6 Å². The van der Waals surface area contributed by atoms with Gasteiger partial charge in [0.25, 0.3) is 11.8 Å². The third-order valence-electron chi connectivity index (χ3n) is 2.97. The molecule has 1 aromatic rings. The Morgan fingerprint density at radius 3 is 2.77 bits per heavy atom. The van der Waals surface area contributed by atoms with Gasteiger partial charge >= 0.3 is 0 Å². The van der Waals surface area contributed by atoms with Gasteiger partial charge in [0.1, 0.15) is 5.57 Å². The molecule has 0 unspecified atom stereocenters. The SMILES string of the molecule is CCOc1cc(/C=C2/C(=O)NC(=S)N(C)C2=O)cc(I)c1O. The van der Waals surface area contributed by atoms with Crippen LogP contribution in [0.25, 0.3) is 6.08 Å². The van der Waals surface area contributed by atoms with Gasteiger partial charge in [-0.3, -0.25) is 19.8 Å². The highest BCUT2D eigenvalue weighted by Crippen LogP contribution is 2.33. The normalized spacial score (nSPS) is 17.0. The molecule has 0 bridgehead atoms. The molecule has 2 N–H and O–H groups in total. The van der Waals surface area contributed by atoms with Crippen LogP contribution in [0.2, 0.25) is 0 Å². The molecule has 1 aliphatic heterocycles. The third-order valence-corrected chi connectivity index (χ3v) is 4.16. The average molecular weight is 432 g/mol. The summed E-state index contributed by atoms with van der Waals surface area (Å²) >= 11 is 6.84. The van der Waals surface area contributed by atoms with E-state index in [9.17, 15) is 14.7 Å². The number of hydrogen-bond donors (Lipinski definition) is 2.